The van der Waals surface area contributed by atoms with Crippen molar-refractivity contribution in [2.45, 2.75) is 13.2 Å². The van der Waals surface area contributed by atoms with Gasteiger partial charge >= 0.3 is 0 Å². The number of rotatable bonds is 5. The van der Waals surface area contributed by atoms with Crippen molar-refractivity contribution in [3.05, 3.63) is 57.0 Å². The van der Waals surface area contributed by atoms with Gasteiger partial charge in [-0.1, -0.05) is 39.7 Å². The molecule has 0 amide bonds. The first-order valence-electron chi connectivity index (χ1n) is 5.99. The van der Waals surface area contributed by atoms with Crippen molar-refractivity contribution >= 4 is 27.5 Å². The monoisotopic (exact) mass is 356 g/mol. The van der Waals surface area contributed by atoms with Crippen molar-refractivity contribution in [1.29, 1.82) is 0 Å². The molecule has 106 valence electrons. The van der Waals surface area contributed by atoms with E-state index in [9.17, 15) is 5.11 Å². The topological polar surface area (TPSA) is 38.7 Å². The van der Waals surface area contributed by atoms with Crippen molar-refractivity contribution in [1.82, 2.24) is 0 Å². The van der Waals surface area contributed by atoms with E-state index in [1.54, 1.807) is 13.2 Å². The number of hydrogen-bond donors (Lipinski definition) is 1. The van der Waals surface area contributed by atoms with E-state index in [1.165, 1.54) is 0 Å². The molecule has 0 unspecified atom stereocenters. The lowest BCUT2D eigenvalue weighted by molar-refractivity contribution is 0.249. The maximum atomic E-state index is 9.47. The molecule has 0 heterocycles. The van der Waals surface area contributed by atoms with E-state index < -0.39 is 0 Å². The second-order valence-corrected chi connectivity index (χ2v) is 5.42. The predicted molar refractivity (Wildman–Crippen MR) is 82.4 cm³/mol. The van der Waals surface area contributed by atoms with Gasteiger partial charge in [0.25, 0.3) is 0 Å². The largest absolute Gasteiger partial charge is 0.493 e. The van der Waals surface area contributed by atoms with E-state index in [4.69, 9.17) is 21.1 Å². The highest BCUT2D eigenvalue weighted by atomic mass is 79.9. The summed E-state index contributed by atoms with van der Waals surface area (Å²) in [5.41, 5.74) is 1.65. The van der Waals surface area contributed by atoms with Crippen molar-refractivity contribution in [3.8, 4) is 11.5 Å². The molecule has 0 atom stereocenters. The molecule has 0 saturated carbocycles. The van der Waals surface area contributed by atoms with Gasteiger partial charge in [0.15, 0.2) is 11.5 Å². The summed E-state index contributed by atoms with van der Waals surface area (Å²) in [6, 6.07) is 11.0. The maximum Gasteiger partial charge on any atom is 0.168 e. The first-order chi connectivity index (χ1) is 9.65. The van der Waals surface area contributed by atoms with E-state index in [0.717, 1.165) is 10.0 Å². The Labute approximate surface area is 131 Å². The lowest BCUT2D eigenvalue weighted by atomic mass is 10.2. The average Bonchev–Trinajstić information content (AvgIpc) is 2.46. The number of hydrogen-bond acceptors (Lipinski definition) is 3. The van der Waals surface area contributed by atoms with Crippen molar-refractivity contribution in [2.75, 3.05) is 7.11 Å². The smallest absolute Gasteiger partial charge is 0.168 e. The van der Waals surface area contributed by atoms with Gasteiger partial charge < -0.3 is 14.6 Å². The molecular weight excluding hydrogens is 344 g/mol. The van der Waals surface area contributed by atoms with Gasteiger partial charge in [0.05, 0.1) is 13.7 Å². The van der Waals surface area contributed by atoms with Crippen LogP contribution in [0, 0.1) is 0 Å². The van der Waals surface area contributed by atoms with Crippen molar-refractivity contribution in [2.24, 2.45) is 0 Å². The van der Waals surface area contributed by atoms with Crippen LogP contribution in [0.25, 0.3) is 0 Å². The van der Waals surface area contributed by atoms with E-state index in [-0.39, 0.29) is 6.61 Å². The van der Waals surface area contributed by atoms with Crippen molar-refractivity contribution < 1.29 is 14.6 Å². The molecule has 2 aromatic rings. The van der Waals surface area contributed by atoms with Gasteiger partial charge in [0.2, 0.25) is 0 Å². The molecule has 0 aliphatic rings. The fourth-order valence-electron chi connectivity index (χ4n) is 1.78. The second-order valence-electron chi connectivity index (χ2n) is 4.13. The van der Waals surface area contributed by atoms with Crippen LogP contribution in [-0.2, 0) is 13.2 Å². The van der Waals surface area contributed by atoms with Gasteiger partial charge in [-0.05, 0) is 29.8 Å². The zero-order valence-corrected chi connectivity index (χ0v) is 13.2. The summed E-state index contributed by atoms with van der Waals surface area (Å²) in [5.74, 6) is 1.13. The summed E-state index contributed by atoms with van der Waals surface area (Å²) < 4.78 is 11.9. The Hall–Kier alpha value is -1.23. The Balaban J connectivity index is 2.23. The Morgan fingerprint density at radius 2 is 1.85 bits per heavy atom. The van der Waals surface area contributed by atoms with Crippen molar-refractivity contribution in [3.63, 3.8) is 0 Å². The van der Waals surface area contributed by atoms with E-state index in [0.29, 0.717) is 28.7 Å². The number of methoxy groups -OCH3 is 1. The molecule has 0 spiro atoms. The minimum absolute atomic E-state index is 0.131. The Bertz CT molecular complexity index is 584. The predicted octanol–water partition coefficient (Wildman–Crippen LogP) is 4.18. The molecule has 1 N–H and O–H groups in total. The van der Waals surface area contributed by atoms with Crippen LogP contribution in [0.15, 0.2) is 40.9 Å². The van der Waals surface area contributed by atoms with Gasteiger partial charge in [-0.25, -0.2) is 0 Å². The molecule has 0 radical (unpaired) electrons. The third-order valence-electron chi connectivity index (χ3n) is 2.84. The normalized spacial score (nSPS) is 10.4. The fourth-order valence-corrected chi connectivity index (χ4v) is 2.35. The standard InChI is InChI=1S/C15H14BrClO3/c1-19-14-7-6-13(16)12(8-18)15(14)20-9-10-2-4-11(17)5-3-10/h2-7,18H,8-9H2,1H3. The third kappa shape index (κ3) is 3.45. The van der Waals surface area contributed by atoms with Gasteiger partial charge in [0.1, 0.15) is 6.61 Å². The molecule has 0 fully saturated rings. The van der Waals surface area contributed by atoms with Crippen LogP contribution in [0.4, 0.5) is 0 Å². The summed E-state index contributed by atoms with van der Waals surface area (Å²) in [6.45, 7) is 0.241. The molecule has 5 heteroatoms. The van der Waals surface area contributed by atoms with Crippen LogP contribution in [0.1, 0.15) is 11.1 Å². The number of ether oxygens (including phenoxy) is 2. The highest BCUT2D eigenvalue weighted by Crippen LogP contribution is 2.36. The fraction of sp³-hybridized carbons (Fsp3) is 0.200. The van der Waals surface area contributed by atoms with Crippen LogP contribution in [0.2, 0.25) is 5.02 Å². The molecule has 2 rings (SSSR count). The van der Waals surface area contributed by atoms with Gasteiger partial charge in [-0.15, -0.1) is 0 Å². The summed E-state index contributed by atoms with van der Waals surface area (Å²) in [6.07, 6.45) is 0. The highest BCUT2D eigenvalue weighted by Gasteiger charge is 2.14. The molecule has 0 aromatic heterocycles. The minimum Gasteiger partial charge on any atom is -0.493 e. The molecule has 0 aliphatic carbocycles. The molecule has 3 nitrogen and oxygen atoms in total. The number of halogens is 2. The lowest BCUT2D eigenvalue weighted by Gasteiger charge is -2.15. The Morgan fingerprint density at radius 1 is 1.15 bits per heavy atom. The summed E-state index contributed by atoms with van der Waals surface area (Å²) >= 11 is 9.24. The van der Waals surface area contributed by atoms with E-state index >= 15 is 0 Å². The van der Waals surface area contributed by atoms with Gasteiger partial charge in [-0.3, -0.25) is 0 Å². The Morgan fingerprint density at radius 3 is 2.45 bits per heavy atom. The van der Waals surface area contributed by atoms with Crippen LogP contribution in [-0.4, -0.2) is 12.2 Å². The third-order valence-corrected chi connectivity index (χ3v) is 3.84. The first kappa shape index (κ1) is 15.2. The molecular formula is C15H14BrClO3. The van der Waals surface area contributed by atoms with E-state index in [2.05, 4.69) is 15.9 Å². The SMILES string of the molecule is COc1ccc(Br)c(CO)c1OCc1ccc(Cl)cc1. The summed E-state index contributed by atoms with van der Waals surface area (Å²) in [7, 11) is 1.57. The average molecular weight is 358 g/mol. The zero-order valence-electron chi connectivity index (χ0n) is 10.9. The lowest BCUT2D eigenvalue weighted by Crippen LogP contribution is -2.02. The quantitative estimate of drug-likeness (QED) is 0.872. The summed E-state index contributed by atoms with van der Waals surface area (Å²) in [4.78, 5) is 0. The zero-order chi connectivity index (χ0) is 14.5. The molecule has 20 heavy (non-hydrogen) atoms. The van der Waals surface area contributed by atoms with Gasteiger partial charge in [0, 0.05) is 15.1 Å². The van der Waals surface area contributed by atoms with Crippen LogP contribution in [0.5, 0.6) is 11.5 Å². The molecule has 0 saturated heterocycles. The minimum atomic E-state index is -0.131. The molecule has 0 aliphatic heterocycles. The number of aliphatic hydroxyl groups is 1. The Kier molecular flexibility index (Phi) is 5.29. The maximum absolute atomic E-state index is 9.47. The first-order valence-corrected chi connectivity index (χ1v) is 7.16. The molecule has 0 bridgehead atoms. The van der Waals surface area contributed by atoms with Crippen LogP contribution < -0.4 is 9.47 Å². The van der Waals surface area contributed by atoms with Crippen LogP contribution in [0.3, 0.4) is 0 Å². The number of benzene rings is 2. The van der Waals surface area contributed by atoms with Gasteiger partial charge in [-0.2, -0.15) is 0 Å². The number of aliphatic hydroxyl groups excluding tert-OH is 1. The van der Waals surface area contributed by atoms with Crippen LogP contribution >= 0.6 is 27.5 Å². The van der Waals surface area contributed by atoms with E-state index in [1.807, 2.05) is 30.3 Å². The summed E-state index contributed by atoms with van der Waals surface area (Å²) in [5, 5.41) is 10.2. The second kappa shape index (κ2) is 6.97. The highest BCUT2D eigenvalue weighted by molar-refractivity contribution is 9.10. The molecule has 2 aromatic carbocycles.